The summed E-state index contributed by atoms with van der Waals surface area (Å²) in [6, 6.07) is 6.43. The molecule has 0 atom stereocenters. The van der Waals surface area contributed by atoms with E-state index >= 15 is 0 Å². The summed E-state index contributed by atoms with van der Waals surface area (Å²) < 4.78 is 19.8. The highest BCUT2D eigenvalue weighted by atomic mass is 19.1. The predicted octanol–water partition coefficient (Wildman–Crippen LogP) is 3.05. The summed E-state index contributed by atoms with van der Waals surface area (Å²) in [5, 5.41) is 13.5. The summed E-state index contributed by atoms with van der Waals surface area (Å²) in [5.74, 6) is -2.37. The highest BCUT2D eigenvalue weighted by Gasteiger charge is 2.18. The number of ether oxygens (including phenoxy) is 1. The third-order valence-corrected chi connectivity index (χ3v) is 4.11. The number of carboxylic acids is 1. The Hall–Kier alpha value is -3.69. The van der Waals surface area contributed by atoms with Crippen molar-refractivity contribution >= 4 is 29.4 Å². The molecule has 10 heteroatoms. The molecule has 1 aromatic carbocycles. The molecule has 1 aromatic heterocycles. The molecule has 1 fully saturated rings. The summed E-state index contributed by atoms with van der Waals surface area (Å²) in [7, 11) is 0. The number of likely N-dealkylation sites (tertiary alicyclic amines) is 1. The molecule has 3 rings (SSSR count). The summed E-state index contributed by atoms with van der Waals surface area (Å²) in [6.07, 6.45) is 2.64. The van der Waals surface area contributed by atoms with Crippen LogP contribution in [0.3, 0.4) is 0 Å². The number of carbonyl (C=O) groups excluding carboxylic acids is 2. The van der Waals surface area contributed by atoms with E-state index in [0.29, 0.717) is 13.1 Å². The van der Waals surface area contributed by atoms with E-state index in [2.05, 4.69) is 15.6 Å². The number of urea groups is 1. The Morgan fingerprint density at radius 3 is 2.59 bits per heavy atom. The second-order valence-corrected chi connectivity index (χ2v) is 6.37. The minimum Gasteiger partial charge on any atom is -0.481 e. The zero-order valence-electron chi connectivity index (χ0n) is 15.4. The van der Waals surface area contributed by atoms with Gasteiger partial charge in [-0.3, -0.25) is 14.9 Å². The van der Waals surface area contributed by atoms with Gasteiger partial charge in [0.1, 0.15) is 18.0 Å². The van der Waals surface area contributed by atoms with Crippen LogP contribution in [-0.2, 0) is 9.59 Å². The lowest BCUT2D eigenvalue weighted by molar-refractivity contribution is -0.139. The number of amides is 3. The SMILES string of the molecule is O=C(O)CC(=O)Nc1ccc(Oc2ccnc(NC(=O)N3CCCC3)c2)c(F)c1. The van der Waals surface area contributed by atoms with Crippen molar-refractivity contribution in [3.05, 3.63) is 42.3 Å². The van der Waals surface area contributed by atoms with Crippen molar-refractivity contribution < 1.29 is 28.6 Å². The number of benzene rings is 1. The summed E-state index contributed by atoms with van der Waals surface area (Å²) >= 11 is 0. The van der Waals surface area contributed by atoms with Crippen LogP contribution in [-0.4, -0.2) is 46.0 Å². The lowest BCUT2D eigenvalue weighted by Crippen LogP contribution is -2.32. The van der Waals surface area contributed by atoms with Crippen molar-refractivity contribution in [1.29, 1.82) is 0 Å². The summed E-state index contributed by atoms with van der Waals surface area (Å²) in [5.41, 5.74) is 0.106. The van der Waals surface area contributed by atoms with E-state index in [4.69, 9.17) is 9.84 Å². The van der Waals surface area contributed by atoms with E-state index in [1.807, 2.05) is 0 Å². The molecule has 0 bridgehead atoms. The molecule has 0 spiro atoms. The van der Waals surface area contributed by atoms with Gasteiger partial charge in [-0.05, 0) is 31.0 Å². The van der Waals surface area contributed by atoms with E-state index in [9.17, 15) is 18.8 Å². The van der Waals surface area contributed by atoms with Gasteiger partial charge in [-0.25, -0.2) is 14.2 Å². The lowest BCUT2D eigenvalue weighted by Gasteiger charge is -2.16. The molecule has 0 aliphatic carbocycles. The molecule has 1 aliphatic heterocycles. The van der Waals surface area contributed by atoms with Crippen LogP contribution in [0.2, 0.25) is 0 Å². The highest BCUT2D eigenvalue weighted by molar-refractivity contribution is 6.01. The normalized spacial score (nSPS) is 13.1. The Morgan fingerprint density at radius 1 is 1.14 bits per heavy atom. The van der Waals surface area contributed by atoms with Crippen molar-refractivity contribution in [2.45, 2.75) is 19.3 Å². The summed E-state index contributed by atoms with van der Waals surface area (Å²) in [4.78, 5) is 39.8. The number of nitrogens with one attached hydrogen (secondary N) is 2. The number of hydrogen-bond donors (Lipinski definition) is 3. The van der Waals surface area contributed by atoms with Crippen molar-refractivity contribution in [2.75, 3.05) is 23.7 Å². The van der Waals surface area contributed by atoms with Crippen LogP contribution < -0.4 is 15.4 Å². The molecular formula is C19H19FN4O5. The number of carboxylic acid groups (broad SMARTS) is 1. The first-order valence-electron chi connectivity index (χ1n) is 8.92. The number of halogens is 1. The van der Waals surface area contributed by atoms with Gasteiger partial charge in [-0.2, -0.15) is 0 Å². The van der Waals surface area contributed by atoms with Crippen LogP contribution in [0, 0.1) is 5.82 Å². The maximum Gasteiger partial charge on any atom is 0.323 e. The molecule has 3 amide bonds. The van der Waals surface area contributed by atoms with Crippen LogP contribution in [0.4, 0.5) is 20.7 Å². The Labute approximate surface area is 165 Å². The number of aliphatic carboxylic acids is 1. The maximum absolute atomic E-state index is 14.3. The first kappa shape index (κ1) is 20.1. The average Bonchev–Trinajstić information content (AvgIpc) is 3.18. The number of pyridine rings is 1. The first-order valence-corrected chi connectivity index (χ1v) is 8.92. The Kier molecular flexibility index (Phi) is 6.22. The molecule has 2 heterocycles. The third kappa shape index (κ3) is 5.64. The van der Waals surface area contributed by atoms with Gasteiger partial charge in [0.2, 0.25) is 5.91 Å². The molecule has 1 saturated heterocycles. The van der Waals surface area contributed by atoms with E-state index in [0.717, 1.165) is 18.9 Å². The fourth-order valence-electron chi connectivity index (χ4n) is 2.78. The van der Waals surface area contributed by atoms with Gasteiger partial charge in [-0.15, -0.1) is 0 Å². The molecule has 2 aromatic rings. The molecule has 9 nitrogen and oxygen atoms in total. The van der Waals surface area contributed by atoms with Crippen LogP contribution in [0.5, 0.6) is 11.5 Å². The van der Waals surface area contributed by atoms with Gasteiger partial charge in [-0.1, -0.05) is 0 Å². The zero-order valence-corrected chi connectivity index (χ0v) is 15.4. The Balaban J connectivity index is 1.64. The van der Waals surface area contributed by atoms with Crippen molar-refractivity contribution in [2.24, 2.45) is 0 Å². The van der Waals surface area contributed by atoms with Gasteiger partial charge < -0.3 is 20.1 Å². The number of carbonyl (C=O) groups is 3. The van der Waals surface area contributed by atoms with E-state index in [1.54, 1.807) is 4.90 Å². The lowest BCUT2D eigenvalue weighted by atomic mass is 10.2. The predicted molar refractivity (Wildman–Crippen MR) is 101 cm³/mol. The topological polar surface area (TPSA) is 121 Å². The van der Waals surface area contributed by atoms with Gasteiger partial charge in [0.05, 0.1) is 0 Å². The van der Waals surface area contributed by atoms with E-state index in [-0.39, 0.29) is 29.0 Å². The van der Waals surface area contributed by atoms with Gasteiger partial charge in [0.25, 0.3) is 0 Å². The smallest absolute Gasteiger partial charge is 0.323 e. The third-order valence-electron chi connectivity index (χ3n) is 4.11. The monoisotopic (exact) mass is 402 g/mol. The molecule has 29 heavy (non-hydrogen) atoms. The molecule has 0 radical (unpaired) electrons. The zero-order chi connectivity index (χ0) is 20.8. The molecule has 3 N–H and O–H groups in total. The number of aromatic nitrogens is 1. The van der Waals surface area contributed by atoms with Gasteiger partial charge in [0, 0.05) is 37.1 Å². The number of nitrogens with zero attached hydrogens (tertiary/aromatic N) is 2. The van der Waals surface area contributed by atoms with Crippen LogP contribution in [0.15, 0.2) is 36.5 Å². The van der Waals surface area contributed by atoms with Crippen LogP contribution >= 0.6 is 0 Å². The fraction of sp³-hybridized carbons (Fsp3) is 0.263. The van der Waals surface area contributed by atoms with E-state index < -0.39 is 24.1 Å². The first-order chi connectivity index (χ1) is 13.9. The number of rotatable bonds is 6. The molecule has 0 unspecified atom stereocenters. The summed E-state index contributed by atoms with van der Waals surface area (Å²) in [6.45, 7) is 1.39. The quantitative estimate of drug-likeness (QED) is 0.639. The van der Waals surface area contributed by atoms with Crippen molar-refractivity contribution in [1.82, 2.24) is 9.88 Å². The van der Waals surface area contributed by atoms with Crippen LogP contribution in [0.1, 0.15) is 19.3 Å². The fourth-order valence-corrected chi connectivity index (χ4v) is 2.78. The highest BCUT2D eigenvalue weighted by Crippen LogP contribution is 2.27. The molecule has 0 saturated carbocycles. The second kappa shape index (κ2) is 9.00. The number of anilines is 2. The van der Waals surface area contributed by atoms with Gasteiger partial charge in [0.15, 0.2) is 11.6 Å². The van der Waals surface area contributed by atoms with Crippen molar-refractivity contribution in [3.63, 3.8) is 0 Å². The Bertz CT molecular complexity index is 931. The molecule has 152 valence electrons. The van der Waals surface area contributed by atoms with Gasteiger partial charge >= 0.3 is 12.0 Å². The standard InChI is InChI=1S/C19H19FN4O5/c20-14-9-12(22-17(25)11-18(26)27)3-4-15(14)29-13-5-6-21-16(10-13)23-19(28)24-7-1-2-8-24/h3-6,9-10H,1-2,7-8,11H2,(H,22,25)(H,26,27)(H,21,23,28). The maximum atomic E-state index is 14.3. The minimum absolute atomic E-state index is 0.106. The number of hydrogen-bond acceptors (Lipinski definition) is 5. The largest absolute Gasteiger partial charge is 0.481 e. The minimum atomic E-state index is -1.28. The van der Waals surface area contributed by atoms with E-state index in [1.165, 1.54) is 30.5 Å². The van der Waals surface area contributed by atoms with Crippen molar-refractivity contribution in [3.8, 4) is 11.5 Å². The molecular weight excluding hydrogens is 383 g/mol. The molecule has 1 aliphatic rings. The Morgan fingerprint density at radius 2 is 1.90 bits per heavy atom. The van der Waals surface area contributed by atoms with Crippen LogP contribution in [0.25, 0.3) is 0 Å². The average molecular weight is 402 g/mol. The second-order valence-electron chi connectivity index (χ2n) is 6.37.